The highest BCUT2D eigenvalue weighted by atomic mass is 32.2. The van der Waals surface area contributed by atoms with Crippen molar-refractivity contribution in [2.24, 2.45) is 0 Å². The van der Waals surface area contributed by atoms with E-state index in [4.69, 9.17) is 5.73 Å². The van der Waals surface area contributed by atoms with E-state index in [2.05, 4.69) is 4.98 Å². The van der Waals surface area contributed by atoms with Crippen LogP contribution in [-0.2, 0) is 10.8 Å². The van der Waals surface area contributed by atoms with Gasteiger partial charge in [0.2, 0.25) is 0 Å². The maximum Gasteiger partial charge on any atom is 0.124 e. The molecule has 0 bridgehead atoms. The number of nitrogens with zero attached hydrogens (tertiary/aromatic N) is 1. The molecule has 2 N–H and O–H groups in total. The molecule has 54 valence electrons. The Bertz CT molecular complexity index is 262. The first-order valence-corrected chi connectivity index (χ1v) is 4.31. The van der Waals surface area contributed by atoms with Crippen molar-refractivity contribution in [3.8, 4) is 0 Å². The van der Waals surface area contributed by atoms with Gasteiger partial charge in [-0.3, -0.25) is 4.21 Å². The molecule has 0 spiro atoms. The predicted octanol–water partition coefficient (Wildman–Crippen LogP) is 0.401. The van der Waals surface area contributed by atoms with Crippen molar-refractivity contribution in [2.75, 3.05) is 12.0 Å². The first-order valence-electron chi connectivity index (χ1n) is 2.75. The Hall–Kier alpha value is -0.900. The van der Waals surface area contributed by atoms with Crippen molar-refractivity contribution in [3.05, 3.63) is 18.3 Å². The molecule has 1 atom stereocenters. The summed E-state index contributed by atoms with van der Waals surface area (Å²) < 4.78 is 10.8. The van der Waals surface area contributed by atoms with Gasteiger partial charge in [0.25, 0.3) is 0 Å². The topological polar surface area (TPSA) is 56.0 Å². The van der Waals surface area contributed by atoms with E-state index in [1.54, 1.807) is 24.6 Å². The zero-order valence-corrected chi connectivity index (χ0v) is 6.39. The first kappa shape index (κ1) is 7.21. The molecule has 1 unspecified atom stereocenters. The van der Waals surface area contributed by atoms with Crippen molar-refractivity contribution in [2.45, 2.75) is 4.90 Å². The molecule has 1 aromatic heterocycles. The summed E-state index contributed by atoms with van der Waals surface area (Å²) in [6.07, 6.45) is 3.15. The van der Waals surface area contributed by atoms with Crippen LogP contribution in [0, 0.1) is 0 Å². The Kier molecular flexibility index (Phi) is 2.01. The van der Waals surface area contributed by atoms with E-state index in [1.165, 1.54) is 0 Å². The third-order valence-electron chi connectivity index (χ3n) is 1.08. The molecule has 0 aliphatic carbocycles. The van der Waals surface area contributed by atoms with Crippen molar-refractivity contribution in [1.29, 1.82) is 0 Å². The highest BCUT2D eigenvalue weighted by molar-refractivity contribution is 7.84. The van der Waals surface area contributed by atoms with Crippen molar-refractivity contribution < 1.29 is 4.21 Å². The number of anilines is 1. The maximum absolute atomic E-state index is 10.8. The SMILES string of the molecule is CS(=O)c1ccnc(N)c1. The van der Waals surface area contributed by atoms with Gasteiger partial charge in [-0.15, -0.1) is 0 Å². The highest BCUT2D eigenvalue weighted by Crippen LogP contribution is 2.05. The Balaban J connectivity index is 3.07. The van der Waals surface area contributed by atoms with Crippen LogP contribution >= 0.6 is 0 Å². The lowest BCUT2D eigenvalue weighted by atomic mass is 10.5. The van der Waals surface area contributed by atoms with E-state index in [9.17, 15) is 4.21 Å². The summed E-state index contributed by atoms with van der Waals surface area (Å²) in [5.74, 6) is 0.410. The number of aromatic nitrogens is 1. The monoisotopic (exact) mass is 156 g/mol. The zero-order valence-electron chi connectivity index (χ0n) is 5.57. The van der Waals surface area contributed by atoms with Crippen molar-refractivity contribution in [3.63, 3.8) is 0 Å². The molecule has 1 aromatic rings. The summed E-state index contributed by atoms with van der Waals surface area (Å²) in [7, 11) is -0.959. The number of rotatable bonds is 1. The lowest BCUT2D eigenvalue weighted by Crippen LogP contribution is -1.92. The minimum Gasteiger partial charge on any atom is -0.384 e. The molecule has 0 saturated carbocycles. The van der Waals surface area contributed by atoms with E-state index >= 15 is 0 Å². The van der Waals surface area contributed by atoms with Crippen LogP contribution in [0.5, 0.6) is 0 Å². The molecule has 3 nitrogen and oxygen atoms in total. The maximum atomic E-state index is 10.8. The van der Waals surface area contributed by atoms with Crippen molar-refractivity contribution in [1.82, 2.24) is 4.98 Å². The van der Waals surface area contributed by atoms with Gasteiger partial charge in [-0.1, -0.05) is 0 Å². The second kappa shape index (κ2) is 2.79. The highest BCUT2D eigenvalue weighted by Gasteiger charge is 1.95. The van der Waals surface area contributed by atoms with Gasteiger partial charge in [0, 0.05) is 28.1 Å². The summed E-state index contributed by atoms with van der Waals surface area (Å²) in [5.41, 5.74) is 5.35. The number of nitrogens with two attached hydrogens (primary N) is 1. The summed E-state index contributed by atoms with van der Waals surface area (Å²) >= 11 is 0. The lowest BCUT2D eigenvalue weighted by Gasteiger charge is -1.94. The van der Waals surface area contributed by atoms with Crippen LogP contribution in [-0.4, -0.2) is 15.4 Å². The average molecular weight is 156 g/mol. The Morgan fingerprint density at radius 3 is 2.80 bits per heavy atom. The van der Waals surface area contributed by atoms with E-state index < -0.39 is 10.8 Å². The van der Waals surface area contributed by atoms with Crippen LogP contribution in [0.15, 0.2) is 23.2 Å². The summed E-state index contributed by atoms with van der Waals surface area (Å²) in [5, 5.41) is 0. The number of nitrogen functional groups attached to an aromatic ring is 1. The quantitative estimate of drug-likeness (QED) is 0.640. The second-order valence-corrected chi connectivity index (χ2v) is 3.25. The van der Waals surface area contributed by atoms with Crippen LogP contribution in [0.3, 0.4) is 0 Å². The van der Waals surface area contributed by atoms with Crippen LogP contribution in [0.1, 0.15) is 0 Å². The lowest BCUT2D eigenvalue weighted by molar-refractivity contribution is 0.686. The third-order valence-corrected chi connectivity index (χ3v) is 2.00. The predicted molar refractivity (Wildman–Crippen MR) is 41.0 cm³/mol. The molecule has 0 aromatic carbocycles. The zero-order chi connectivity index (χ0) is 7.56. The summed E-state index contributed by atoms with van der Waals surface area (Å²) in [6.45, 7) is 0. The average Bonchev–Trinajstić information content (AvgIpc) is 1.88. The Morgan fingerprint density at radius 1 is 1.70 bits per heavy atom. The molecule has 0 saturated heterocycles. The molecular formula is C6H8N2OS. The Labute approximate surface area is 61.7 Å². The molecule has 4 heteroatoms. The van der Waals surface area contributed by atoms with Gasteiger partial charge in [-0.2, -0.15) is 0 Å². The number of hydrogen-bond donors (Lipinski definition) is 1. The fourth-order valence-electron chi connectivity index (χ4n) is 0.607. The van der Waals surface area contributed by atoms with E-state index in [0.717, 1.165) is 0 Å². The summed E-state index contributed by atoms with van der Waals surface area (Å²) in [6, 6.07) is 3.29. The van der Waals surface area contributed by atoms with Gasteiger partial charge in [-0.25, -0.2) is 4.98 Å². The molecule has 0 amide bonds. The molecule has 0 aliphatic heterocycles. The second-order valence-electron chi connectivity index (χ2n) is 1.87. The van der Waals surface area contributed by atoms with Gasteiger partial charge in [-0.05, 0) is 12.1 Å². The molecule has 0 radical (unpaired) electrons. The van der Waals surface area contributed by atoms with Gasteiger partial charge < -0.3 is 5.73 Å². The smallest absolute Gasteiger partial charge is 0.124 e. The normalized spacial score (nSPS) is 12.9. The van der Waals surface area contributed by atoms with Crippen LogP contribution < -0.4 is 5.73 Å². The third kappa shape index (κ3) is 1.54. The van der Waals surface area contributed by atoms with Gasteiger partial charge in [0.05, 0.1) is 0 Å². The van der Waals surface area contributed by atoms with Crippen LogP contribution in [0.2, 0.25) is 0 Å². The molecular weight excluding hydrogens is 148 g/mol. The number of hydrogen-bond acceptors (Lipinski definition) is 3. The number of pyridine rings is 1. The molecule has 10 heavy (non-hydrogen) atoms. The first-order chi connectivity index (χ1) is 4.70. The van der Waals surface area contributed by atoms with Gasteiger partial charge in [0.1, 0.15) is 5.82 Å². The van der Waals surface area contributed by atoms with E-state index in [1.807, 2.05) is 0 Å². The molecule has 0 aliphatic rings. The molecule has 1 rings (SSSR count). The van der Waals surface area contributed by atoms with Crippen LogP contribution in [0.25, 0.3) is 0 Å². The largest absolute Gasteiger partial charge is 0.384 e. The Morgan fingerprint density at radius 2 is 2.40 bits per heavy atom. The van der Waals surface area contributed by atoms with Gasteiger partial charge >= 0.3 is 0 Å². The minimum absolute atomic E-state index is 0.410. The standard InChI is InChI=1S/C6H8N2OS/c1-10(9)5-2-3-8-6(7)4-5/h2-4H,1H3,(H2,7,8). The van der Waals surface area contributed by atoms with Crippen molar-refractivity contribution >= 4 is 16.6 Å². The fraction of sp³-hybridized carbons (Fsp3) is 0.167. The summed E-state index contributed by atoms with van der Waals surface area (Å²) in [4.78, 5) is 4.48. The van der Waals surface area contributed by atoms with E-state index in [-0.39, 0.29) is 0 Å². The minimum atomic E-state index is -0.959. The fourth-order valence-corrected chi connectivity index (χ4v) is 1.15. The van der Waals surface area contributed by atoms with E-state index in [0.29, 0.717) is 10.7 Å². The van der Waals surface area contributed by atoms with Gasteiger partial charge in [0.15, 0.2) is 0 Å². The van der Waals surface area contributed by atoms with Crippen LogP contribution in [0.4, 0.5) is 5.82 Å². The molecule has 0 fully saturated rings. The molecule has 1 heterocycles.